The Bertz CT molecular complexity index is 456. The van der Waals surface area contributed by atoms with Crippen molar-refractivity contribution in [3.63, 3.8) is 0 Å². The third kappa shape index (κ3) is 3.45. The maximum absolute atomic E-state index is 11.1. The fraction of sp³-hybridized carbons (Fsp3) is 0.500. The molecule has 0 aliphatic carbocycles. The van der Waals surface area contributed by atoms with Crippen LogP contribution in [0.2, 0.25) is 10.0 Å². The Balaban J connectivity index is 2.10. The Morgan fingerprint density at radius 3 is 2.89 bits per heavy atom. The van der Waals surface area contributed by atoms with Gasteiger partial charge in [-0.15, -0.1) is 0 Å². The Hall–Kier alpha value is -0.130. The normalized spacial score (nSPS) is 25.3. The first kappa shape index (κ1) is 14.3. The molecule has 2 N–H and O–H groups in total. The van der Waals surface area contributed by atoms with Crippen molar-refractivity contribution in [1.82, 2.24) is 10.0 Å². The minimum atomic E-state index is -0.978. The Morgan fingerprint density at radius 1 is 1.44 bits per heavy atom. The van der Waals surface area contributed by atoms with E-state index >= 15 is 0 Å². The summed E-state index contributed by atoms with van der Waals surface area (Å²) in [7, 11) is -0.978. The maximum Gasteiger partial charge on any atom is 0.0884 e. The van der Waals surface area contributed by atoms with Gasteiger partial charge in [-0.05, 0) is 30.7 Å². The van der Waals surface area contributed by atoms with Gasteiger partial charge in [0.05, 0.1) is 21.0 Å². The van der Waals surface area contributed by atoms with E-state index in [9.17, 15) is 4.21 Å². The van der Waals surface area contributed by atoms with Gasteiger partial charge in [-0.25, -0.2) is 8.93 Å². The molecule has 100 valence electrons. The van der Waals surface area contributed by atoms with E-state index in [1.807, 2.05) is 18.2 Å². The zero-order valence-corrected chi connectivity index (χ0v) is 12.4. The van der Waals surface area contributed by atoms with E-state index in [1.165, 1.54) is 5.56 Å². The van der Waals surface area contributed by atoms with Crippen LogP contribution < -0.4 is 10.0 Å². The van der Waals surface area contributed by atoms with Gasteiger partial charge < -0.3 is 5.32 Å². The van der Waals surface area contributed by atoms with Gasteiger partial charge in [0.2, 0.25) is 0 Å². The molecule has 1 aliphatic heterocycles. The van der Waals surface area contributed by atoms with Gasteiger partial charge in [-0.2, -0.15) is 0 Å². The van der Waals surface area contributed by atoms with Crippen molar-refractivity contribution in [3.05, 3.63) is 33.8 Å². The van der Waals surface area contributed by atoms with E-state index in [2.05, 4.69) is 10.0 Å². The molecule has 6 heteroatoms. The molecule has 3 nitrogen and oxygen atoms in total. The first-order chi connectivity index (χ1) is 8.58. The van der Waals surface area contributed by atoms with Crippen molar-refractivity contribution < 1.29 is 4.21 Å². The highest BCUT2D eigenvalue weighted by Crippen LogP contribution is 2.32. The average molecular weight is 307 g/mol. The quantitative estimate of drug-likeness (QED) is 0.896. The highest BCUT2D eigenvalue weighted by atomic mass is 35.5. The second-order valence-electron chi connectivity index (χ2n) is 4.43. The fourth-order valence-electron chi connectivity index (χ4n) is 2.33. The summed E-state index contributed by atoms with van der Waals surface area (Å²) >= 11 is 12.0. The highest BCUT2D eigenvalue weighted by molar-refractivity contribution is 7.82. The van der Waals surface area contributed by atoms with Crippen molar-refractivity contribution >= 4 is 34.2 Å². The maximum atomic E-state index is 11.1. The smallest absolute Gasteiger partial charge is 0.0884 e. The van der Waals surface area contributed by atoms with Crippen LogP contribution in [0, 0.1) is 0 Å². The lowest BCUT2D eigenvalue weighted by atomic mass is 9.92. The number of hydrogen-bond donors (Lipinski definition) is 2. The molecule has 2 rings (SSSR count). The first-order valence-corrected chi connectivity index (χ1v) is 8.14. The second-order valence-corrected chi connectivity index (χ2v) is 6.44. The molecule has 0 bridgehead atoms. The molecule has 1 aliphatic rings. The van der Waals surface area contributed by atoms with Crippen molar-refractivity contribution in [2.24, 2.45) is 0 Å². The molecule has 1 aromatic rings. The number of benzene rings is 1. The number of nitrogens with one attached hydrogen (secondary N) is 2. The lowest BCUT2D eigenvalue weighted by molar-refractivity contribution is 0.538. The van der Waals surface area contributed by atoms with Crippen LogP contribution in [0.25, 0.3) is 0 Å². The van der Waals surface area contributed by atoms with Crippen LogP contribution in [0.15, 0.2) is 18.2 Å². The topological polar surface area (TPSA) is 41.1 Å². The van der Waals surface area contributed by atoms with E-state index < -0.39 is 11.0 Å². The standard InChI is InChI=1S/C12H16Cl2N2OS/c1-18(17)16-7-12-9(4-5-15-12)8-2-3-10(13)11(14)6-8/h2-3,6,9,12,15-16H,4-5,7H2,1H3. The van der Waals surface area contributed by atoms with Gasteiger partial charge in [0.1, 0.15) is 0 Å². The van der Waals surface area contributed by atoms with Gasteiger partial charge >= 0.3 is 0 Å². The molecule has 1 aromatic carbocycles. The van der Waals surface area contributed by atoms with E-state index in [0.717, 1.165) is 13.0 Å². The van der Waals surface area contributed by atoms with Crippen LogP contribution in [-0.4, -0.2) is 29.6 Å². The minimum Gasteiger partial charge on any atom is -0.312 e. The summed E-state index contributed by atoms with van der Waals surface area (Å²) in [5.41, 5.74) is 1.18. The Labute approximate surface area is 120 Å². The molecule has 0 radical (unpaired) electrons. The molecular formula is C12H16Cl2N2OS. The Morgan fingerprint density at radius 2 is 2.22 bits per heavy atom. The van der Waals surface area contributed by atoms with Crippen LogP contribution in [0.1, 0.15) is 17.9 Å². The summed E-state index contributed by atoms with van der Waals surface area (Å²) in [5.74, 6) is 0.385. The first-order valence-electron chi connectivity index (χ1n) is 5.83. The van der Waals surface area contributed by atoms with E-state index in [0.29, 0.717) is 22.5 Å². The third-order valence-electron chi connectivity index (χ3n) is 3.23. The minimum absolute atomic E-state index is 0.283. The van der Waals surface area contributed by atoms with E-state index in [1.54, 1.807) is 6.26 Å². The third-order valence-corrected chi connectivity index (χ3v) is 4.54. The van der Waals surface area contributed by atoms with Crippen LogP contribution in [0.4, 0.5) is 0 Å². The summed E-state index contributed by atoms with van der Waals surface area (Å²) in [6, 6.07) is 6.06. The second kappa shape index (κ2) is 6.35. The van der Waals surface area contributed by atoms with Crippen LogP contribution in [0.3, 0.4) is 0 Å². The van der Waals surface area contributed by atoms with Gasteiger partial charge in [0, 0.05) is 24.8 Å². The summed E-state index contributed by atoms with van der Waals surface area (Å²) in [6.45, 7) is 1.65. The largest absolute Gasteiger partial charge is 0.312 e. The molecular weight excluding hydrogens is 291 g/mol. The van der Waals surface area contributed by atoms with Crippen LogP contribution in [-0.2, 0) is 11.0 Å². The van der Waals surface area contributed by atoms with Gasteiger partial charge in [-0.1, -0.05) is 29.3 Å². The fourth-order valence-corrected chi connectivity index (χ4v) is 3.05. The zero-order chi connectivity index (χ0) is 13.1. The lowest BCUT2D eigenvalue weighted by Crippen LogP contribution is -2.37. The molecule has 1 heterocycles. The molecule has 0 aromatic heterocycles. The monoisotopic (exact) mass is 306 g/mol. The predicted octanol–water partition coefficient (Wildman–Crippen LogP) is 2.32. The van der Waals surface area contributed by atoms with Gasteiger partial charge in [0.25, 0.3) is 0 Å². The van der Waals surface area contributed by atoms with Crippen LogP contribution >= 0.6 is 23.2 Å². The molecule has 18 heavy (non-hydrogen) atoms. The van der Waals surface area contributed by atoms with Crippen LogP contribution in [0.5, 0.6) is 0 Å². The molecule has 3 unspecified atom stereocenters. The molecule has 1 fully saturated rings. The number of hydrogen-bond acceptors (Lipinski definition) is 2. The lowest BCUT2D eigenvalue weighted by Gasteiger charge is -2.20. The number of halogens is 2. The van der Waals surface area contributed by atoms with Gasteiger partial charge in [0.15, 0.2) is 0 Å². The summed E-state index contributed by atoms with van der Waals surface area (Å²) < 4.78 is 14.0. The summed E-state index contributed by atoms with van der Waals surface area (Å²) in [4.78, 5) is 0. The van der Waals surface area contributed by atoms with E-state index in [4.69, 9.17) is 23.2 Å². The van der Waals surface area contributed by atoms with Crippen molar-refractivity contribution in [2.75, 3.05) is 19.3 Å². The average Bonchev–Trinajstić information content (AvgIpc) is 2.78. The Kier molecular flexibility index (Phi) is 5.04. The van der Waals surface area contributed by atoms with E-state index in [-0.39, 0.29) is 6.04 Å². The SMILES string of the molecule is CS(=O)NCC1NCCC1c1ccc(Cl)c(Cl)c1. The molecule has 0 amide bonds. The summed E-state index contributed by atoms with van der Waals surface area (Å²) in [6.07, 6.45) is 2.70. The molecule has 0 spiro atoms. The molecule has 3 atom stereocenters. The zero-order valence-electron chi connectivity index (χ0n) is 10.1. The molecule has 0 saturated carbocycles. The predicted molar refractivity (Wildman–Crippen MR) is 77.7 cm³/mol. The summed E-state index contributed by atoms with van der Waals surface area (Å²) in [5, 5.41) is 4.59. The van der Waals surface area contributed by atoms with Crippen molar-refractivity contribution in [1.29, 1.82) is 0 Å². The van der Waals surface area contributed by atoms with Gasteiger partial charge in [-0.3, -0.25) is 0 Å². The highest BCUT2D eigenvalue weighted by Gasteiger charge is 2.28. The number of rotatable bonds is 4. The van der Waals surface area contributed by atoms with Crippen molar-refractivity contribution in [3.8, 4) is 0 Å². The molecule has 1 saturated heterocycles. The van der Waals surface area contributed by atoms with Crippen molar-refractivity contribution in [2.45, 2.75) is 18.4 Å².